The van der Waals surface area contributed by atoms with Crippen molar-refractivity contribution >= 4 is 16.9 Å². The number of carbonyl (C=O) groups is 1. The lowest BCUT2D eigenvalue weighted by Gasteiger charge is -2.10. The molecule has 0 aliphatic carbocycles. The van der Waals surface area contributed by atoms with Gasteiger partial charge in [0.05, 0.1) is 23.0 Å². The molecule has 0 aliphatic rings. The quantitative estimate of drug-likeness (QED) is 0.777. The van der Waals surface area contributed by atoms with Crippen LogP contribution in [-0.4, -0.2) is 15.9 Å². The summed E-state index contributed by atoms with van der Waals surface area (Å²) in [4.78, 5) is 18.2. The maximum Gasteiger partial charge on any atom is 0.417 e. The van der Waals surface area contributed by atoms with Crippen LogP contribution in [0.1, 0.15) is 11.1 Å². The zero-order valence-corrected chi connectivity index (χ0v) is 11.8. The highest BCUT2D eigenvalue weighted by Crippen LogP contribution is 2.36. The Labute approximate surface area is 129 Å². The Balaban J connectivity index is 2.18. The van der Waals surface area contributed by atoms with E-state index < -0.39 is 17.6 Å². The molecule has 0 saturated carbocycles. The van der Waals surface area contributed by atoms with Crippen LogP contribution in [0.5, 0.6) is 0 Å². The number of carbonyl (C=O) groups excluding carboxylic acids is 1. The van der Waals surface area contributed by atoms with E-state index in [1.807, 2.05) is 0 Å². The summed E-state index contributed by atoms with van der Waals surface area (Å²) >= 11 is 0. The summed E-state index contributed by atoms with van der Waals surface area (Å²) in [6.45, 7) is 0. The first-order valence-electron chi connectivity index (χ1n) is 6.79. The van der Waals surface area contributed by atoms with Crippen molar-refractivity contribution in [3.63, 3.8) is 0 Å². The number of nitrogens with one attached hydrogen (secondary N) is 1. The predicted molar refractivity (Wildman–Crippen MR) is 79.4 cm³/mol. The Morgan fingerprint density at radius 3 is 2.57 bits per heavy atom. The van der Waals surface area contributed by atoms with Crippen LogP contribution in [-0.2, 0) is 17.4 Å². The predicted octanol–water partition coefficient (Wildman–Crippen LogP) is 3.28. The fraction of sp³-hybridized carbons (Fsp3) is 0.125. The highest BCUT2D eigenvalue weighted by molar-refractivity contribution is 5.87. The van der Waals surface area contributed by atoms with Gasteiger partial charge < -0.3 is 10.7 Å². The third-order valence-electron chi connectivity index (χ3n) is 3.45. The van der Waals surface area contributed by atoms with Crippen LogP contribution in [0, 0.1) is 0 Å². The van der Waals surface area contributed by atoms with Gasteiger partial charge in [0.25, 0.3) is 0 Å². The van der Waals surface area contributed by atoms with E-state index in [4.69, 9.17) is 5.73 Å². The molecule has 3 N–H and O–H groups in total. The Morgan fingerprint density at radius 1 is 1.13 bits per heavy atom. The van der Waals surface area contributed by atoms with Crippen LogP contribution in [0.2, 0.25) is 0 Å². The molecular weight excluding hydrogens is 307 g/mol. The Kier molecular flexibility index (Phi) is 3.55. The van der Waals surface area contributed by atoms with Crippen LogP contribution in [0.3, 0.4) is 0 Å². The number of halogens is 3. The van der Waals surface area contributed by atoms with Crippen molar-refractivity contribution in [2.75, 3.05) is 0 Å². The van der Waals surface area contributed by atoms with Crippen molar-refractivity contribution in [3.05, 3.63) is 53.6 Å². The minimum atomic E-state index is -4.48. The molecule has 0 radical (unpaired) electrons. The molecular formula is C16H12F3N3O. The Morgan fingerprint density at radius 2 is 1.87 bits per heavy atom. The topological polar surface area (TPSA) is 71.8 Å². The molecule has 0 fully saturated rings. The van der Waals surface area contributed by atoms with Gasteiger partial charge in [-0.3, -0.25) is 4.79 Å². The number of nitrogens with two attached hydrogens (primary N) is 1. The van der Waals surface area contributed by atoms with Crippen molar-refractivity contribution in [1.29, 1.82) is 0 Å². The summed E-state index contributed by atoms with van der Waals surface area (Å²) in [5, 5.41) is 0. The van der Waals surface area contributed by atoms with Crippen LogP contribution < -0.4 is 5.73 Å². The molecule has 118 valence electrons. The van der Waals surface area contributed by atoms with Gasteiger partial charge >= 0.3 is 6.18 Å². The van der Waals surface area contributed by atoms with Crippen LogP contribution in [0.4, 0.5) is 13.2 Å². The van der Waals surface area contributed by atoms with Crippen molar-refractivity contribution in [1.82, 2.24) is 9.97 Å². The third kappa shape index (κ3) is 2.90. The number of alkyl halides is 3. The zero-order valence-electron chi connectivity index (χ0n) is 11.8. The molecule has 3 aromatic rings. The molecule has 1 aromatic heterocycles. The highest BCUT2D eigenvalue weighted by Gasteiger charge is 2.34. The van der Waals surface area contributed by atoms with Gasteiger partial charge in [-0.05, 0) is 17.7 Å². The molecule has 23 heavy (non-hydrogen) atoms. The molecule has 3 rings (SSSR count). The number of H-pyrrole nitrogens is 1. The fourth-order valence-electron chi connectivity index (χ4n) is 2.49. The number of hydrogen-bond donors (Lipinski definition) is 2. The van der Waals surface area contributed by atoms with Gasteiger partial charge in [-0.25, -0.2) is 4.98 Å². The number of primary amides is 1. The number of nitrogens with zero attached hydrogens (tertiary/aromatic N) is 1. The van der Waals surface area contributed by atoms with Crippen molar-refractivity contribution < 1.29 is 18.0 Å². The van der Waals surface area contributed by atoms with E-state index >= 15 is 0 Å². The van der Waals surface area contributed by atoms with Gasteiger partial charge in [0.2, 0.25) is 5.91 Å². The second-order valence-corrected chi connectivity index (χ2v) is 5.09. The average molecular weight is 319 g/mol. The first kappa shape index (κ1) is 15.1. The second-order valence-electron chi connectivity index (χ2n) is 5.09. The number of imidazole rings is 1. The van der Waals surface area contributed by atoms with Crippen LogP contribution in [0.25, 0.3) is 22.4 Å². The molecule has 0 bridgehead atoms. The summed E-state index contributed by atoms with van der Waals surface area (Å²) in [5.41, 5.74) is 5.95. The fourth-order valence-corrected chi connectivity index (χ4v) is 2.49. The minimum Gasteiger partial charge on any atom is -0.369 e. The van der Waals surface area contributed by atoms with Gasteiger partial charge in [-0.2, -0.15) is 13.2 Å². The molecule has 4 nitrogen and oxygen atoms in total. The van der Waals surface area contributed by atoms with E-state index in [-0.39, 0.29) is 17.8 Å². The number of amides is 1. The summed E-state index contributed by atoms with van der Waals surface area (Å²) < 4.78 is 39.4. The summed E-state index contributed by atoms with van der Waals surface area (Å²) in [7, 11) is 0. The smallest absolute Gasteiger partial charge is 0.369 e. The van der Waals surface area contributed by atoms with E-state index in [9.17, 15) is 18.0 Å². The van der Waals surface area contributed by atoms with Crippen molar-refractivity contribution in [2.24, 2.45) is 5.73 Å². The number of aromatic amines is 1. The maximum absolute atomic E-state index is 13.1. The minimum absolute atomic E-state index is 0.0252. The second kappa shape index (κ2) is 5.42. The molecule has 1 heterocycles. The number of fused-ring (bicyclic) bond motifs is 1. The van der Waals surface area contributed by atoms with Crippen LogP contribution >= 0.6 is 0 Å². The SMILES string of the molecule is NC(=O)Cc1cccc2[nH]c(-c3ccccc3C(F)(F)F)nc12. The molecule has 0 spiro atoms. The van der Waals surface area contributed by atoms with E-state index in [1.54, 1.807) is 18.2 Å². The monoisotopic (exact) mass is 319 g/mol. The van der Waals surface area contributed by atoms with Crippen LogP contribution in [0.15, 0.2) is 42.5 Å². The average Bonchev–Trinajstić information content (AvgIpc) is 2.91. The van der Waals surface area contributed by atoms with E-state index in [0.717, 1.165) is 6.07 Å². The maximum atomic E-state index is 13.1. The van der Waals surface area contributed by atoms with Crippen molar-refractivity contribution in [2.45, 2.75) is 12.6 Å². The molecule has 0 atom stereocenters. The van der Waals surface area contributed by atoms with Gasteiger partial charge in [0.15, 0.2) is 0 Å². The van der Waals surface area contributed by atoms with Crippen molar-refractivity contribution in [3.8, 4) is 11.4 Å². The van der Waals surface area contributed by atoms with E-state index in [0.29, 0.717) is 16.6 Å². The number of hydrogen-bond acceptors (Lipinski definition) is 2. The number of para-hydroxylation sites is 1. The van der Waals surface area contributed by atoms with E-state index in [1.165, 1.54) is 18.2 Å². The molecule has 7 heteroatoms. The van der Waals surface area contributed by atoms with Gasteiger partial charge in [0, 0.05) is 5.56 Å². The molecule has 0 saturated heterocycles. The lowest BCUT2D eigenvalue weighted by Crippen LogP contribution is -2.13. The molecule has 2 aromatic carbocycles. The number of rotatable bonds is 3. The summed E-state index contributed by atoms with van der Waals surface area (Å²) in [6, 6.07) is 10.3. The van der Waals surface area contributed by atoms with Gasteiger partial charge in [-0.15, -0.1) is 0 Å². The largest absolute Gasteiger partial charge is 0.417 e. The molecule has 1 amide bonds. The molecule has 0 aliphatic heterocycles. The number of benzene rings is 2. The standard InChI is InChI=1S/C16H12F3N3O/c17-16(18,19)11-6-2-1-5-10(11)15-21-12-7-3-4-9(8-13(20)23)14(12)22-15/h1-7H,8H2,(H2,20,23)(H,21,22). The summed E-state index contributed by atoms with van der Waals surface area (Å²) in [6.07, 6.45) is -4.51. The lowest BCUT2D eigenvalue weighted by molar-refractivity contribution is -0.137. The number of aromatic nitrogens is 2. The Bertz CT molecular complexity index is 884. The first-order valence-corrected chi connectivity index (χ1v) is 6.79. The summed E-state index contributed by atoms with van der Waals surface area (Å²) in [5.74, 6) is -0.428. The first-order chi connectivity index (χ1) is 10.9. The lowest BCUT2D eigenvalue weighted by atomic mass is 10.1. The normalized spacial score (nSPS) is 11.8. The third-order valence-corrected chi connectivity index (χ3v) is 3.45. The molecule has 0 unspecified atom stereocenters. The van der Waals surface area contributed by atoms with Gasteiger partial charge in [0.1, 0.15) is 5.82 Å². The zero-order chi connectivity index (χ0) is 16.6. The van der Waals surface area contributed by atoms with E-state index in [2.05, 4.69) is 9.97 Å². The Hall–Kier alpha value is -2.83. The van der Waals surface area contributed by atoms with Gasteiger partial charge in [-0.1, -0.05) is 30.3 Å². The highest BCUT2D eigenvalue weighted by atomic mass is 19.4.